The number of allylic oxidation sites excluding steroid dienone is 1. The number of halogens is 2. The van der Waals surface area contributed by atoms with Gasteiger partial charge in [0.05, 0.1) is 28.5 Å². The molecule has 1 aromatic heterocycles. The predicted molar refractivity (Wildman–Crippen MR) is 162 cm³/mol. The van der Waals surface area contributed by atoms with Gasteiger partial charge in [0.25, 0.3) is 5.56 Å². The first kappa shape index (κ1) is 29.8. The van der Waals surface area contributed by atoms with Gasteiger partial charge in [-0.3, -0.25) is 9.36 Å². The molecular weight excluding hydrogens is 619 g/mol. The van der Waals surface area contributed by atoms with Crippen molar-refractivity contribution in [1.82, 2.24) is 4.57 Å². The summed E-state index contributed by atoms with van der Waals surface area (Å²) < 4.78 is 38.5. The number of carbonyl (C=O) groups excluding carboxylic acids is 1. The Morgan fingerprint density at radius 2 is 1.69 bits per heavy atom. The fourth-order valence-electron chi connectivity index (χ4n) is 4.47. The van der Waals surface area contributed by atoms with Crippen molar-refractivity contribution >= 4 is 56.7 Å². The SMILES string of the molecule is CCOC(=O)C1=C(C)N=c2sc(=Cc3cc(Cl)ccc3OS(=O)(=O)c3ccc(C)cc3)c(=O)n2C1c1ccc(Cl)cc1. The van der Waals surface area contributed by atoms with Gasteiger partial charge in [0, 0.05) is 15.6 Å². The van der Waals surface area contributed by atoms with E-state index in [0.29, 0.717) is 26.1 Å². The summed E-state index contributed by atoms with van der Waals surface area (Å²) in [5, 5.41) is 0.812. The molecule has 0 N–H and O–H groups in total. The van der Waals surface area contributed by atoms with Gasteiger partial charge in [0.2, 0.25) is 0 Å². The molecule has 0 aliphatic carbocycles. The van der Waals surface area contributed by atoms with E-state index in [1.165, 1.54) is 41.0 Å². The number of fused-ring (bicyclic) bond motifs is 1. The number of nitrogens with zero attached hydrogens (tertiary/aromatic N) is 2. The van der Waals surface area contributed by atoms with E-state index in [4.69, 9.17) is 32.1 Å². The van der Waals surface area contributed by atoms with E-state index >= 15 is 0 Å². The van der Waals surface area contributed by atoms with E-state index in [1.807, 2.05) is 6.92 Å². The molecule has 3 aromatic carbocycles. The van der Waals surface area contributed by atoms with Gasteiger partial charge < -0.3 is 8.92 Å². The summed E-state index contributed by atoms with van der Waals surface area (Å²) in [5.74, 6) is -0.594. The zero-order chi connectivity index (χ0) is 30.2. The molecule has 42 heavy (non-hydrogen) atoms. The molecule has 1 aliphatic heterocycles. The predicted octanol–water partition coefficient (Wildman–Crippen LogP) is 5.18. The quantitative estimate of drug-likeness (QED) is 0.203. The van der Waals surface area contributed by atoms with Crippen molar-refractivity contribution in [3.63, 3.8) is 0 Å². The van der Waals surface area contributed by atoms with Crippen LogP contribution < -0.4 is 19.1 Å². The zero-order valence-electron chi connectivity index (χ0n) is 22.6. The third-order valence-electron chi connectivity index (χ3n) is 6.47. The summed E-state index contributed by atoms with van der Waals surface area (Å²) in [4.78, 5) is 31.9. The molecule has 1 unspecified atom stereocenters. The summed E-state index contributed by atoms with van der Waals surface area (Å²) in [5.41, 5.74) is 2.01. The lowest BCUT2D eigenvalue weighted by molar-refractivity contribution is -0.139. The number of aryl methyl sites for hydroxylation is 1. The van der Waals surface area contributed by atoms with Crippen LogP contribution in [0.15, 0.2) is 92.7 Å². The van der Waals surface area contributed by atoms with E-state index in [2.05, 4.69) is 4.99 Å². The summed E-state index contributed by atoms with van der Waals surface area (Å²) in [7, 11) is -4.18. The van der Waals surface area contributed by atoms with Gasteiger partial charge in [-0.25, -0.2) is 9.79 Å². The Morgan fingerprint density at radius 1 is 1.02 bits per heavy atom. The van der Waals surface area contributed by atoms with Gasteiger partial charge >= 0.3 is 16.1 Å². The molecule has 0 bridgehead atoms. The van der Waals surface area contributed by atoms with Crippen LogP contribution in [0.4, 0.5) is 0 Å². The number of ether oxygens (including phenoxy) is 1. The minimum absolute atomic E-state index is 0.0107. The van der Waals surface area contributed by atoms with Crippen molar-refractivity contribution in [2.45, 2.75) is 31.7 Å². The average molecular weight is 644 g/mol. The first-order valence-electron chi connectivity index (χ1n) is 12.7. The maximum Gasteiger partial charge on any atom is 0.339 e. The topological polar surface area (TPSA) is 104 Å². The van der Waals surface area contributed by atoms with Crippen LogP contribution in [-0.4, -0.2) is 25.6 Å². The fourth-order valence-corrected chi connectivity index (χ4v) is 6.77. The first-order chi connectivity index (χ1) is 20.0. The highest BCUT2D eigenvalue weighted by Crippen LogP contribution is 2.32. The van der Waals surface area contributed by atoms with E-state index in [1.54, 1.807) is 50.2 Å². The van der Waals surface area contributed by atoms with Gasteiger partial charge in [0.15, 0.2) is 4.80 Å². The van der Waals surface area contributed by atoms with Crippen molar-refractivity contribution in [3.8, 4) is 5.75 Å². The second kappa shape index (κ2) is 11.9. The largest absolute Gasteiger partial charge is 0.463 e. The Hall–Kier alpha value is -3.70. The van der Waals surface area contributed by atoms with E-state index < -0.39 is 27.7 Å². The van der Waals surface area contributed by atoms with Crippen LogP contribution in [0.2, 0.25) is 10.0 Å². The highest BCUT2D eigenvalue weighted by molar-refractivity contribution is 7.87. The molecule has 0 fully saturated rings. The van der Waals surface area contributed by atoms with E-state index in [9.17, 15) is 18.0 Å². The van der Waals surface area contributed by atoms with Crippen LogP contribution >= 0.6 is 34.5 Å². The Morgan fingerprint density at radius 3 is 2.36 bits per heavy atom. The van der Waals surface area contributed by atoms with Crippen molar-refractivity contribution in [1.29, 1.82) is 0 Å². The van der Waals surface area contributed by atoms with Crippen molar-refractivity contribution < 1.29 is 22.1 Å². The molecule has 216 valence electrons. The lowest BCUT2D eigenvalue weighted by Gasteiger charge is -2.24. The summed E-state index contributed by atoms with van der Waals surface area (Å²) >= 11 is 13.5. The molecule has 5 rings (SSSR count). The molecule has 12 heteroatoms. The normalized spacial score (nSPS) is 15.3. The van der Waals surface area contributed by atoms with Gasteiger partial charge in [-0.15, -0.1) is 0 Å². The molecule has 8 nitrogen and oxygen atoms in total. The van der Waals surface area contributed by atoms with Crippen molar-refractivity contribution in [3.05, 3.63) is 124 Å². The van der Waals surface area contributed by atoms with Crippen LogP contribution in [0.25, 0.3) is 6.08 Å². The number of hydrogen-bond acceptors (Lipinski definition) is 8. The Kier molecular flexibility index (Phi) is 8.43. The molecule has 1 aliphatic rings. The van der Waals surface area contributed by atoms with Gasteiger partial charge in [0.1, 0.15) is 10.6 Å². The maximum absolute atomic E-state index is 13.9. The highest BCUT2D eigenvalue weighted by Gasteiger charge is 2.33. The third kappa shape index (κ3) is 5.94. The summed E-state index contributed by atoms with van der Waals surface area (Å²) in [6.45, 7) is 5.38. The zero-order valence-corrected chi connectivity index (χ0v) is 25.8. The standard InChI is InChI=1S/C30H24Cl2N2O6S2/c1-4-39-29(36)26-18(3)33-30-34(27(26)19-7-9-21(31)10-8-19)28(35)25(41-30)16-20-15-22(32)11-14-24(20)40-42(37,38)23-12-5-17(2)6-13-23/h5-16,27H,4H2,1-3H3. The Labute approximate surface area is 255 Å². The minimum atomic E-state index is -4.18. The smallest absolute Gasteiger partial charge is 0.339 e. The van der Waals surface area contributed by atoms with Gasteiger partial charge in [-0.2, -0.15) is 8.42 Å². The molecule has 1 atom stereocenters. The summed E-state index contributed by atoms with van der Waals surface area (Å²) in [6, 6.07) is 16.7. The lowest BCUT2D eigenvalue weighted by atomic mass is 9.96. The third-order valence-corrected chi connectivity index (χ3v) is 9.19. The first-order valence-corrected chi connectivity index (χ1v) is 15.7. The van der Waals surface area contributed by atoms with Crippen molar-refractivity contribution in [2.24, 2.45) is 4.99 Å². The second-order valence-corrected chi connectivity index (χ2v) is 12.8. The lowest BCUT2D eigenvalue weighted by Crippen LogP contribution is -2.39. The van der Waals surface area contributed by atoms with Gasteiger partial charge in [-0.05, 0) is 74.9 Å². The second-order valence-electron chi connectivity index (χ2n) is 9.39. The maximum atomic E-state index is 13.9. The molecule has 0 saturated heterocycles. The average Bonchev–Trinajstić information content (AvgIpc) is 3.24. The Balaban J connectivity index is 1.66. The Bertz CT molecular complexity index is 2010. The number of aromatic nitrogens is 1. The molecule has 0 radical (unpaired) electrons. The van der Waals surface area contributed by atoms with E-state index in [-0.39, 0.29) is 32.9 Å². The monoisotopic (exact) mass is 642 g/mol. The van der Waals surface area contributed by atoms with Crippen LogP contribution in [0.1, 0.15) is 36.6 Å². The molecule has 0 saturated carbocycles. The number of benzene rings is 3. The van der Waals surface area contributed by atoms with E-state index in [0.717, 1.165) is 16.9 Å². The molecular formula is C30H24Cl2N2O6S2. The number of thiazole rings is 1. The van der Waals surface area contributed by atoms with Crippen molar-refractivity contribution in [2.75, 3.05) is 6.61 Å². The number of rotatable bonds is 7. The molecule has 0 amide bonds. The van der Waals surface area contributed by atoms with Crippen LogP contribution in [0.3, 0.4) is 0 Å². The van der Waals surface area contributed by atoms with Crippen LogP contribution in [0.5, 0.6) is 5.75 Å². The molecule has 2 heterocycles. The minimum Gasteiger partial charge on any atom is -0.463 e. The van der Waals surface area contributed by atoms with Crippen LogP contribution in [-0.2, 0) is 19.6 Å². The van der Waals surface area contributed by atoms with Gasteiger partial charge in [-0.1, -0.05) is 64.4 Å². The van der Waals surface area contributed by atoms with Crippen LogP contribution in [0, 0.1) is 6.92 Å². The highest BCUT2D eigenvalue weighted by atomic mass is 35.5. The summed E-state index contributed by atoms with van der Waals surface area (Å²) in [6.07, 6.45) is 1.50. The number of hydrogen-bond donors (Lipinski definition) is 0. The molecule has 4 aromatic rings. The molecule has 0 spiro atoms. The number of esters is 1. The number of carbonyl (C=O) groups is 1. The fraction of sp³-hybridized carbons (Fsp3) is 0.167.